The molecule has 4 heteroatoms. The van der Waals surface area contributed by atoms with Crippen LogP contribution in [-0.4, -0.2) is 36.5 Å². The summed E-state index contributed by atoms with van der Waals surface area (Å²) in [5.41, 5.74) is 0. The summed E-state index contributed by atoms with van der Waals surface area (Å²) in [7, 11) is 0. The number of hydrogen-bond acceptors (Lipinski definition) is 3. The molecule has 0 bridgehead atoms. The molecule has 0 radical (unpaired) electrons. The number of fused-ring (bicyclic) bond motifs is 1. The summed E-state index contributed by atoms with van der Waals surface area (Å²) < 4.78 is 0. The fraction of sp³-hybridized carbons (Fsp3) is 0.923. The third-order valence-electron chi connectivity index (χ3n) is 4.17. The highest BCUT2D eigenvalue weighted by Crippen LogP contribution is 2.37. The lowest BCUT2D eigenvalue weighted by Gasteiger charge is -2.21. The maximum atomic E-state index is 12.2. The van der Waals surface area contributed by atoms with Gasteiger partial charge in [-0.15, -0.1) is 0 Å². The molecular weight excluding hydrogens is 232 g/mol. The van der Waals surface area contributed by atoms with Crippen LogP contribution in [0.5, 0.6) is 0 Å². The van der Waals surface area contributed by atoms with E-state index in [1.165, 1.54) is 19.3 Å². The van der Waals surface area contributed by atoms with Crippen LogP contribution in [0.15, 0.2) is 0 Å². The van der Waals surface area contributed by atoms with Crippen molar-refractivity contribution in [2.75, 3.05) is 18.6 Å². The first kappa shape index (κ1) is 13.2. The molecule has 4 atom stereocenters. The van der Waals surface area contributed by atoms with Gasteiger partial charge in [-0.05, 0) is 56.6 Å². The topological polar surface area (TPSA) is 41.1 Å². The van der Waals surface area contributed by atoms with Gasteiger partial charge in [-0.25, -0.2) is 0 Å². The van der Waals surface area contributed by atoms with Crippen LogP contribution >= 0.6 is 11.8 Å². The molecule has 0 aromatic rings. The van der Waals surface area contributed by atoms with E-state index in [0.717, 1.165) is 24.6 Å². The monoisotopic (exact) mass is 256 g/mol. The Morgan fingerprint density at radius 2 is 2.35 bits per heavy atom. The van der Waals surface area contributed by atoms with E-state index >= 15 is 0 Å². The molecule has 4 unspecified atom stereocenters. The zero-order chi connectivity index (χ0) is 12.3. The highest BCUT2D eigenvalue weighted by Gasteiger charge is 2.42. The Morgan fingerprint density at radius 1 is 1.53 bits per heavy atom. The van der Waals surface area contributed by atoms with Crippen LogP contribution in [0.3, 0.4) is 0 Å². The average Bonchev–Trinajstić information content (AvgIpc) is 2.87. The Labute approximate surface area is 108 Å². The predicted molar refractivity (Wildman–Crippen MR) is 73.2 cm³/mol. The minimum absolute atomic E-state index is 0.0826. The van der Waals surface area contributed by atoms with Crippen molar-refractivity contribution in [3.63, 3.8) is 0 Å². The first-order chi connectivity index (χ1) is 8.22. The van der Waals surface area contributed by atoms with Crippen molar-refractivity contribution in [2.24, 2.45) is 11.8 Å². The molecule has 0 aromatic heterocycles. The molecular formula is C13H24N2OS. The molecule has 1 amide bonds. The van der Waals surface area contributed by atoms with Gasteiger partial charge in [0.15, 0.2) is 0 Å². The zero-order valence-electron chi connectivity index (χ0n) is 10.9. The molecule has 1 heterocycles. The van der Waals surface area contributed by atoms with Crippen LogP contribution < -0.4 is 10.6 Å². The second-order valence-corrected chi connectivity index (χ2v) is 6.42. The molecule has 1 saturated carbocycles. The molecule has 98 valence electrons. The van der Waals surface area contributed by atoms with Gasteiger partial charge in [-0.2, -0.15) is 11.8 Å². The lowest BCUT2D eigenvalue weighted by molar-refractivity contribution is -0.124. The van der Waals surface area contributed by atoms with Gasteiger partial charge in [0.05, 0.1) is 6.04 Å². The second kappa shape index (κ2) is 6.10. The van der Waals surface area contributed by atoms with Gasteiger partial charge >= 0.3 is 0 Å². The fourth-order valence-electron chi connectivity index (χ4n) is 3.17. The molecule has 1 aliphatic heterocycles. The minimum Gasteiger partial charge on any atom is -0.352 e. The summed E-state index contributed by atoms with van der Waals surface area (Å²) in [6.07, 6.45) is 7.02. The predicted octanol–water partition coefficient (Wildman–Crippen LogP) is 1.63. The van der Waals surface area contributed by atoms with Gasteiger partial charge in [0.25, 0.3) is 0 Å². The Hall–Kier alpha value is -0.220. The normalized spacial score (nSPS) is 33.4. The van der Waals surface area contributed by atoms with Crippen LogP contribution in [0.25, 0.3) is 0 Å². The van der Waals surface area contributed by atoms with Gasteiger partial charge in [0.1, 0.15) is 0 Å². The van der Waals surface area contributed by atoms with Gasteiger partial charge < -0.3 is 10.6 Å². The van der Waals surface area contributed by atoms with Gasteiger partial charge in [-0.3, -0.25) is 4.79 Å². The number of nitrogens with one attached hydrogen (secondary N) is 2. The summed E-state index contributed by atoms with van der Waals surface area (Å²) in [4.78, 5) is 12.2. The average molecular weight is 256 g/mol. The summed E-state index contributed by atoms with van der Waals surface area (Å²) >= 11 is 1.84. The van der Waals surface area contributed by atoms with E-state index in [2.05, 4.69) is 23.8 Å². The largest absolute Gasteiger partial charge is 0.352 e. The van der Waals surface area contributed by atoms with Gasteiger partial charge in [-0.1, -0.05) is 6.42 Å². The summed E-state index contributed by atoms with van der Waals surface area (Å²) in [5.74, 6) is 2.70. The standard InChI is InChI=1S/C13H24N2OS/c1-9(6-7-17-2)15-13(16)12-11-5-3-4-10(11)8-14-12/h9-12,14H,3-8H2,1-2H3,(H,15,16). The molecule has 1 saturated heterocycles. The SMILES string of the molecule is CSCCC(C)NC(=O)C1NCC2CCCC21. The molecule has 2 fully saturated rings. The molecule has 1 aliphatic carbocycles. The number of amides is 1. The second-order valence-electron chi connectivity index (χ2n) is 5.43. The van der Waals surface area contributed by atoms with E-state index in [1.807, 2.05) is 11.8 Å². The Balaban J connectivity index is 1.79. The smallest absolute Gasteiger partial charge is 0.237 e. The number of thioether (sulfide) groups is 1. The molecule has 2 aliphatic rings. The lowest BCUT2D eigenvalue weighted by atomic mass is 9.93. The number of carbonyl (C=O) groups is 1. The molecule has 0 spiro atoms. The van der Waals surface area contributed by atoms with Crippen LogP contribution in [0.1, 0.15) is 32.6 Å². The Morgan fingerprint density at radius 3 is 3.12 bits per heavy atom. The Bertz CT molecular complexity index is 272. The first-order valence-electron chi connectivity index (χ1n) is 6.75. The maximum Gasteiger partial charge on any atom is 0.237 e. The van der Waals surface area contributed by atoms with Crippen LogP contribution in [0.4, 0.5) is 0 Å². The summed E-state index contributed by atoms with van der Waals surface area (Å²) in [6.45, 7) is 3.15. The third kappa shape index (κ3) is 3.16. The van der Waals surface area contributed by atoms with Gasteiger partial charge in [0, 0.05) is 6.04 Å². The molecule has 17 heavy (non-hydrogen) atoms. The molecule has 2 rings (SSSR count). The molecule has 0 aromatic carbocycles. The van der Waals surface area contributed by atoms with E-state index in [4.69, 9.17) is 0 Å². The Kier molecular flexibility index (Phi) is 4.74. The number of carbonyl (C=O) groups excluding carboxylic acids is 1. The van der Waals surface area contributed by atoms with Crippen molar-refractivity contribution < 1.29 is 4.79 Å². The van der Waals surface area contributed by atoms with Crippen molar-refractivity contribution >= 4 is 17.7 Å². The van der Waals surface area contributed by atoms with Crippen LogP contribution in [0, 0.1) is 11.8 Å². The third-order valence-corrected chi connectivity index (χ3v) is 4.82. The van der Waals surface area contributed by atoms with E-state index in [-0.39, 0.29) is 11.9 Å². The van der Waals surface area contributed by atoms with Crippen molar-refractivity contribution in [1.82, 2.24) is 10.6 Å². The van der Waals surface area contributed by atoms with E-state index in [0.29, 0.717) is 12.0 Å². The van der Waals surface area contributed by atoms with Crippen LogP contribution in [0.2, 0.25) is 0 Å². The van der Waals surface area contributed by atoms with Crippen LogP contribution in [-0.2, 0) is 4.79 Å². The van der Waals surface area contributed by atoms with Gasteiger partial charge in [0.2, 0.25) is 5.91 Å². The number of rotatable bonds is 5. The summed E-state index contributed by atoms with van der Waals surface area (Å²) in [5, 5.41) is 6.56. The highest BCUT2D eigenvalue weighted by molar-refractivity contribution is 7.98. The lowest BCUT2D eigenvalue weighted by Crippen LogP contribution is -2.47. The quantitative estimate of drug-likeness (QED) is 0.785. The van der Waals surface area contributed by atoms with Crippen molar-refractivity contribution in [2.45, 2.75) is 44.7 Å². The number of hydrogen-bond donors (Lipinski definition) is 2. The van der Waals surface area contributed by atoms with Crippen molar-refractivity contribution in [1.29, 1.82) is 0 Å². The van der Waals surface area contributed by atoms with E-state index < -0.39 is 0 Å². The highest BCUT2D eigenvalue weighted by atomic mass is 32.2. The minimum atomic E-state index is 0.0826. The zero-order valence-corrected chi connectivity index (χ0v) is 11.7. The first-order valence-corrected chi connectivity index (χ1v) is 8.14. The van der Waals surface area contributed by atoms with E-state index in [1.54, 1.807) is 0 Å². The van der Waals surface area contributed by atoms with Crippen molar-refractivity contribution in [3.05, 3.63) is 0 Å². The summed E-state index contributed by atoms with van der Waals surface area (Å²) in [6, 6.07) is 0.386. The van der Waals surface area contributed by atoms with Crippen molar-refractivity contribution in [3.8, 4) is 0 Å². The maximum absolute atomic E-state index is 12.2. The van der Waals surface area contributed by atoms with E-state index in [9.17, 15) is 4.79 Å². The molecule has 2 N–H and O–H groups in total. The molecule has 3 nitrogen and oxygen atoms in total. The fourth-order valence-corrected chi connectivity index (χ4v) is 3.76.